The van der Waals surface area contributed by atoms with Crippen molar-refractivity contribution in [3.8, 4) is 0 Å². The summed E-state index contributed by atoms with van der Waals surface area (Å²) in [4.78, 5) is 10.3. The van der Waals surface area contributed by atoms with E-state index in [2.05, 4.69) is 36.3 Å². The highest BCUT2D eigenvalue weighted by atomic mass is 32.1. The van der Waals surface area contributed by atoms with E-state index in [0.717, 1.165) is 13.0 Å². The van der Waals surface area contributed by atoms with Crippen LogP contribution in [-0.2, 0) is 13.0 Å². The number of likely N-dealkylation sites (tertiary alicyclic amines) is 1. The zero-order valence-corrected chi connectivity index (χ0v) is 13.9. The van der Waals surface area contributed by atoms with Crippen molar-refractivity contribution in [1.29, 1.82) is 0 Å². The smallest absolute Gasteiger partial charge is 0.0928 e. The first-order valence-corrected chi connectivity index (χ1v) is 9.19. The number of hydrogen-bond donors (Lipinski definition) is 0. The monoisotopic (exact) mass is 306 g/mol. The molecule has 0 amide bonds. The normalized spacial score (nSPS) is 19.8. The number of rotatable bonds is 5. The van der Waals surface area contributed by atoms with Crippen LogP contribution < -0.4 is 0 Å². The van der Waals surface area contributed by atoms with Crippen molar-refractivity contribution in [3.63, 3.8) is 0 Å². The standard InChI is InChI=1S/C16H22N2S2/c1-3-5-16-17-13(11-19-16)10-18-9-4-6-14(18)15-8-7-12(2)20-15/h7-8,11,14H,3-6,9-10H2,1-2H3. The summed E-state index contributed by atoms with van der Waals surface area (Å²) in [7, 11) is 0. The first-order chi connectivity index (χ1) is 9.76. The summed E-state index contributed by atoms with van der Waals surface area (Å²) < 4.78 is 0. The Kier molecular flexibility index (Phi) is 4.54. The molecule has 2 nitrogen and oxygen atoms in total. The minimum Gasteiger partial charge on any atom is -0.290 e. The zero-order valence-electron chi connectivity index (χ0n) is 12.3. The third kappa shape index (κ3) is 3.13. The first-order valence-electron chi connectivity index (χ1n) is 7.50. The van der Waals surface area contributed by atoms with Crippen molar-refractivity contribution < 1.29 is 0 Å². The fraction of sp³-hybridized carbons (Fsp3) is 0.562. The molecule has 1 aliphatic rings. The number of nitrogens with zero attached hydrogens (tertiary/aromatic N) is 2. The van der Waals surface area contributed by atoms with Crippen LogP contribution in [0, 0.1) is 6.92 Å². The van der Waals surface area contributed by atoms with E-state index in [-0.39, 0.29) is 0 Å². The van der Waals surface area contributed by atoms with Crippen LogP contribution in [0.1, 0.15) is 52.7 Å². The van der Waals surface area contributed by atoms with E-state index in [4.69, 9.17) is 4.98 Å². The zero-order chi connectivity index (χ0) is 13.9. The average molecular weight is 306 g/mol. The van der Waals surface area contributed by atoms with E-state index in [1.54, 1.807) is 0 Å². The van der Waals surface area contributed by atoms with Gasteiger partial charge in [-0.15, -0.1) is 22.7 Å². The van der Waals surface area contributed by atoms with Gasteiger partial charge in [-0.1, -0.05) is 6.92 Å². The molecule has 0 N–H and O–H groups in total. The highest BCUT2D eigenvalue weighted by Gasteiger charge is 2.27. The fourth-order valence-electron chi connectivity index (χ4n) is 2.93. The molecule has 1 aliphatic heterocycles. The van der Waals surface area contributed by atoms with Gasteiger partial charge in [-0.05, 0) is 51.3 Å². The van der Waals surface area contributed by atoms with Crippen LogP contribution in [-0.4, -0.2) is 16.4 Å². The molecule has 20 heavy (non-hydrogen) atoms. The van der Waals surface area contributed by atoms with E-state index in [0.29, 0.717) is 6.04 Å². The lowest BCUT2D eigenvalue weighted by Gasteiger charge is -2.22. The molecule has 0 aliphatic carbocycles. The van der Waals surface area contributed by atoms with Crippen LogP contribution in [0.5, 0.6) is 0 Å². The first kappa shape index (κ1) is 14.2. The Morgan fingerprint density at radius 3 is 3.05 bits per heavy atom. The second-order valence-electron chi connectivity index (χ2n) is 5.56. The van der Waals surface area contributed by atoms with Crippen molar-refractivity contribution in [3.05, 3.63) is 38.0 Å². The van der Waals surface area contributed by atoms with Gasteiger partial charge in [0.2, 0.25) is 0 Å². The van der Waals surface area contributed by atoms with Gasteiger partial charge in [0.15, 0.2) is 0 Å². The summed E-state index contributed by atoms with van der Waals surface area (Å²) in [6.07, 6.45) is 4.92. The summed E-state index contributed by atoms with van der Waals surface area (Å²) >= 11 is 3.78. The van der Waals surface area contributed by atoms with E-state index in [1.165, 1.54) is 46.3 Å². The van der Waals surface area contributed by atoms with Crippen LogP contribution in [0.25, 0.3) is 0 Å². The van der Waals surface area contributed by atoms with Crippen LogP contribution in [0.3, 0.4) is 0 Å². The number of aromatic nitrogens is 1. The van der Waals surface area contributed by atoms with Crippen molar-refractivity contribution in [2.24, 2.45) is 0 Å². The number of thiazole rings is 1. The Balaban J connectivity index is 1.69. The van der Waals surface area contributed by atoms with Crippen molar-refractivity contribution in [1.82, 2.24) is 9.88 Å². The van der Waals surface area contributed by atoms with Gasteiger partial charge in [0.25, 0.3) is 0 Å². The van der Waals surface area contributed by atoms with E-state index in [1.807, 2.05) is 22.7 Å². The molecule has 3 rings (SSSR count). The summed E-state index contributed by atoms with van der Waals surface area (Å²) in [6.45, 7) is 6.64. The average Bonchev–Trinajstić information content (AvgIpc) is 3.12. The summed E-state index contributed by atoms with van der Waals surface area (Å²) in [5.74, 6) is 0. The lowest BCUT2D eigenvalue weighted by Crippen LogP contribution is -2.22. The highest BCUT2D eigenvalue weighted by molar-refractivity contribution is 7.12. The van der Waals surface area contributed by atoms with Gasteiger partial charge in [0.05, 0.1) is 10.7 Å². The fourth-order valence-corrected chi connectivity index (χ4v) is 4.87. The van der Waals surface area contributed by atoms with Crippen LogP contribution in [0.4, 0.5) is 0 Å². The molecule has 1 saturated heterocycles. The Morgan fingerprint density at radius 2 is 2.30 bits per heavy atom. The second kappa shape index (κ2) is 6.37. The lowest BCUT2D eigenvalue weighted by molar-refractivity contribution is 0.249. The molecule has 1 fully saturated rings. The van der Waals surface area contributed by atoms with Gasteiger partial charge < -0.3 is 0 Å². The van der Waals surface area contributed by atoms with Crippen LogP contribution in [0.15, 0.2) is 17.5 Å². The molecular formula is C16H22N2S2. The second-order valence-corrected chi connectivity index (χ2v) is 7.82. The summed E-state index contributed by atoms with van der Waals surface area (Å²) in [5, 5.41) is 3.55. The minimum absolute atomic E-state index is 0.616. The van der Waals surface area contributed by atoms with Gasteiger partial charge in [0.1, 0.15) is 0 Å². The Morgan fingerprint density at radius 1 is 1.40 bits per heavy atom. The molecular weight excluding hydrogens is 284 g/mol. The molecule has 2 aromatic heterocycles. The van der Waals surface area contributed by atoms with E-state index in [9.17, 15) is 0 Å². The molecule has 0 spiro atoms. The highest BCUT2D eigenvalue weighted by Crippen LogP contribution is 2.36. The van der Waals surface area contributed by atoms with Gasteiger partial charge in [0, 0.05) is 27.7 Å². The molecule has 2 aromatic rings. The molecule has 4 heteroatoms. The molecule has 1 unspecified atom stereocenters. The quantitative estimate of drug-likeness (QED) is 0.788. The number of thiophene rings is 1. The number of hydrogen-bond acceptors (Lipinski definition) is 4. The third-order valence-corrected chi connectivity index (χ3v) is 5.94. The molecule has 0 radical (unpaired) electrons. The van der Waals surface area contributed by atoms with E-state index < -0.39 is 0 Å². The minimum atomic E-state index is 0.616. The largest absolute Gasteiger partial charge is 0.290 e. The molecule has 3 heterocycles. The molecule has 0 aromatic carbocycles. The Hall–Kier alpha value is -0.710. The SMILES string of the molecule is CCCc1nc(CN2CCCC2c2ccc(C)s2)cs1. The maximum absolute atomic E-state index is 4.78. The van der Waals surface area contributed by atoms with Crippen molar-refractivity contribution >= 4 is 22.7 Å². The van der Waals surface area contributed by atoms with Gasteiger partial charge >= 0.3 is 0 Å². The van der Waals surface area contributed by atoms with Crippen LogP contribution in [0.2, 0.25) is 0 Å². The predicted octanol–water partition coefficient (Wildman–Crippen LogP) is 4.80. The van der Waals surface area contributed by atoms with Crippen LogP contribution >= 0.6 is 22.7 Å². The van der Waals surface area contributed by atoms with Gasteiger partial charge in [-0.25, -0.2) is 4.98 Å². The lowest BCUT2D eigenvalue weighted by atomic mass is 10.2. The van der Waals surface area contributed by atoms with Crippen molar-refractivity contribution in [2.75, 3.05) is 6.54 Å². The molecule has 0 bridgehead atoms. The summed E-state index contributed by atoms with van der Waals surface area (Å²) in [5.41, 5.74) is 1.26. The Bertz CT molecular complexity index is 558. The molecule has 108 valence electrons. The van der Waals surface area contributed by atoms with Crippen molar-refractivity contribution in [2.45, 2.75) is 52.1 Å². The molecule has 0 saturated carbocycles. The van der Waals surface area contributed by atoms with Gasteiger partial charge in [-0.3, -0.25) is 4.90 Å². The van der Waals surface area contributed by atoms with E-state index >= 15 is 0 Å². The number of aryl methyl sites for hydroxylation is 2. The predicted molar refractivity (Wildman–Crippen MR) is 87.6 cm³/mol. The topological polar surface area (TPSA) is 16.1 Å². The maximum atomic E-state index is 4.78. The maximum Gasteiger partial charge on any atom is 0.0928 e. The molecule has 1 atom stereocenters. The Labute approximate surface area is 129 Å². The van der Waals surface area contributed by atoms with Gasteiger partial charge in [-0.2, -0.15) is 0 Å². The summed E-state index contributed by atoms with van der Waals surface area (Å²) in [6, 6.07) is 5.18. The third-order valence-electron chi connectivity index (χ3n) is 3.88.